The van der Waals surface area contributed by atoms with Gasteiger partial charge in [-0.05, 0) is 0 Å². The molecule has 2 rings (SSSR count). The number of carboxylic acid groups (broad SMARTS) is 2. The molecular formula is C8H10O8. The van der Waals surface area contributed by atoms with E-state index < -0.39 is 36.7 Å². The predicted octanol–water partition coefficient (Wildman–Crippen LogP) is -0.0896. The maximum absolute atomic E-state index is 10.3. The van der Waals surface area contributed by atoms with Crippen LogP contribution in [0.4, 0.5) is 9.59 Å². The smallest absolute Gasteiger partial charge is 0.450 e. The Kier molecular flexibility index (Phi) is 2.84. The molecule has 0 saturated carbocycles. The summed E-state index contributed by atoms with van der Waals surface area (Å²) in [5.74, 6) is 0. The van der Waals surface area contributed by atoms with E-state index >= 15 is 0 Å². The van der Waals surface area contributed by atoms with E-state index in [0.717, 1.165) is 0 Å². The molecular weight excluding hydrogens is 224 g/mol. The van der Waals surface area contributed by atoms with E-state index in [1.54, 1.807) is 0 Å². The van der Waals surface area contributed by atoms with Gasteiger partial charge in [0.05, 0.1) is 13.2 Å². The highest BCUT2D eigenvalue weighted by molar-refractivity contribution is 5.57. The van der Waals surface area contributed by atoms with Crippen LogP contribution in [0.1, 0.15) is 0 Å². The van der Waals surface area contributed by atoms with Crippen molar-refractivity contribution in [3.8, 4) is 0 Å². The molecule has 2 saturated heterocycles. The van der Waals surface area contributed by atoms with Crippen molar-refractivity contribution in [2.24, 2.45) is 0 Å². The minimum Gasteiger partial charge on any atom is -0.450 e. The Morgan fingerprint density at radius 2 is 1.31 bits per heavy atom. The van der Waals surface area contributed by atoms with E-state index in [0.29, 0.717) is 0 Å². The summed E-state index contributed by atoms with van der Waals surface area (Å²) in [7, 11) is 0. The van der Waals surface area contributed by atoms with Crippen LogP contribution in [0.2, 0.25) is 0 Å². The molecule has 2 aliphatic heterocycles. The lowest BCUT2D eigenvalue weighted by Crippen LogP contribution is -2.35. The topological polar surface area (TPSA) is 112 Å². The quantitative estimate of drug-likeness (QED) is 0.637. The van der Waals surface area contributed by atoms with Crippen LogP contribution in [0.15, 0.2) is 0 Å². The van der Waals surface area contributed by atoms with Gasteiger partial charge in [0, 0.05) is 0 Å². The Balaban J connectivity index is 1.95. The zero-order chi connectivity index (χ0) is 11.7. The van der Waals surface area contributed by atoms with Gasteiger partial charge in [-0.15, -0.1) is 0 Å². The van der Waals surface area contributed by atoms with Crippen molar-refractivity contribution in [2.45, 2.75) is 24.4 Å². The van der Waals surface area contributed by atoms with E-state index in [2.05, 4.69) is 9.47 Å². The summed E-state index contributed by atoms with van der Waals surface area (Å²) in [5, 5.41) is 16.9. The average molecular weight is 234 g/mol. The van der Waals surface area contributed by atoms with Crippen molar-refractivity contribution in [3.63, 3.8) is 0 Å². The zero-order valence-electron chi connectivity index (χ0n) is 8.07. The van der Waals surface area contributed by atoms with Gasteiger partial charge in [-0.1, -0.05) is 0 Å². The molecule has 2 heterocycles. The van der Waals surface area contributed by atoms with Gasteiger partial charge in [0.2, 0.25) is 0 Å². The van der Waals surface area contributed by atoms with Gasteiger partial charge < -0.3 is 29.2 Å². The normalized spacial score (nSPS) is 36.8. The van der Waals surface area contributed by atoms with Crippen LogP contribution in [-0.2, 0) is 18.9 Å². The number of carbonyl (C=O) groups is 2. The molecule has 2 N–H and O–H groups in total. The van der Waals surface area contributed by atoms with Crippen LogP contribution in [-0.4, -0.2) is 60.2 Å². The van der Waals surface area contributed by atoms with Crippen molar-refractivity contribution in [3.05, 3.63) is 0 Å². The molecule has 0 aromatic rings. The first-order chi connectivity index (χ1) is 7.58. The van der Waals surface area contributed by atoms with Crippen LogP contribution in [0, 0.1) is 0 Å². The van der Waals surface area contributed by atoms with Crippen LogP contribution in [0.5, 0.6) is 0 Å². The van der Waals surface area contributed by atoms with Gasteiger partial charge in [0.1, 0.15) is 12.2 Å². The third kappa shape index (κ3) is 2.02. The van der Waals surface area contributed by atoms with Gasteiger partial charge in [0.15, 0.2) is 12.2 Å². The van der Waals surface area contributed by atoms with Crippen LogP contribution in [0.3, 0.4) is 0 Å². The maximum atomic E-state index is 10.3. The first-order valence-electron chi connectivity index (χ1n) is 4.60. The minimum atomic E-state index is -1.42. The van der Waals surface area contributed by atoms with E-state index in [9.17, 15) is 9.59 Å². The highest BCUT2D eigenvalue weighted by atomic mass is 16.7. The summed E-state index contributed by atoms with van der Waals surface area (Å²) < 4.78 is 19.5. The second-order valence-corrected chi connectivity index (χ2v) is 3.44. The first-order valence-corrected chi connectivity index (χ1v) is 4.60. The number of hydrogen-bond donors (Lipinski definition) is 2. The Morgan fingerprint density at radius 3 is 1.62 bits per heavy atom. The molecule has 0 aliphatic carbocycles. The average Bonchev–Trinajstić information content (AvgIpc) is 2.70. The summed E-state index contributed by atoms with van der Waals surface area (Å²) in [6, 6.07) is 0. The Bertz CT molecular complexity index is 272. The fourth-order valence-corrected chi connectivity index (χ4v) is 1.89. The molecule has 0 aromatic carbocycles. The molecule has 0 amide bonds. The summed E-state index contributed by atoms with van der Waals surface area (Å²) in [5.41, 5.74) is 0. The van der Waals surface area contributed by atoms with Crippen molar-refractivity contribution in [2.75, 3.05) is 13.2 Å². The molecule has 0 bridgehead atoms. The number of fused-ring (bicyclic) bond motifs is 1. The van der Waals surface area contributed by atoms with Crippen molar-refractivity contribution in [1.82, 2.24) is 0 Å². The lowest BCUT2D eigenvalue weighted by Gasteiger charge is -2.14. The highest BCUT2D eigenvalue weighted by Crippen LogP contribution is 2.30. The second kappa shape index (κ2) is 4.14. The van der Waals surface area contributed by atoms with Crippen molar-refractivity contribution in [1.29, 1.82) is 0 Å². The molecule has 90 valence electrons. The number of rotatable bonds is 2. The third-order valence-corrected chi connectivity index (χ3v) is 2.47. The van der Waals surface area contributed by atoms with Gasteiger partial charge in [0.25, 0.3) is 0 Å². The summed E-state index contributed by atoms with van der Waals surface area (Å²) in [4.78, 5) is 20.7. The van der Waals surface area contributed by atoms with E-state index in [-0.39, 0.29) is 13.2 Å². The summed E-state index contributed by atoms with van der Waals surface area (Å²) in [6.45, 7) is 0.0855. The highest BCUT2D eigenvalue weighted by Gasteiger charge is 2.51. The largest absolute Gasteiger partial charge is 0.506 e. The predicted molar refractivity (Wildman–Crippen MR) is 45.3 cm³/mol. The molecule has 0 aromatic heterocycles. The van der Waals surface area contributed by atoms with Crippen LogP contribution in [0.25, 0.3) is 0 Å². The van der Waals surface area contributed by atoms with Crippen LogP contribution >= 0.6 is 0 Å². The molecule has 4 atom stereocenters. The van der Waals surface area contributed by atoms with Crippen molar-refractivity contribution >= 4 is 12.3 Å². The first kappa shape index (κ1) is 11.0. The Labute approximate surface area is 89.6 Å². The number of hydrogen-bond acceptors (Lipinski definition) is 6. The SMILES string of the molecule is O=C(O)O[C@@H]1CO[C@H]2[C@@H]1OC[C@H]2OC(=O)O. The summed E-state index contributed by atoms with van der Waals surface area (Å²) >= 11 is 0. The lowest BCUT2D eigenvalue weighted by atomic mass is 10.1. The zero-order valence-corrected chi connectivity index (χ0v) is 8.07. The monoisotopic (exact) mass is 234 g/mol. The van der Waals surface area contributed by atoms with Crippen molar-refractivity contribution < 1.29 is 38.7 Å². The number of ether oxygens (including phenoxy) is 4. The van der Waals surface area contributed by atoms with Gasteiger partial charge in [-0.3, -0.25) is 0 Å². The maximum Gasteiger partial charge on any atom is 0.506 e. The third-order valence-electron chi connectivity index (χ3n) is 2.47. The van der Waals surface area contributed by atoms with Gasteiger partial charge in [-0.2, -0.15) is 0 Å². The van der Waals surface area contributed by atoms with E-state index in [4.69, 9.17) is 19.7 Å². The van der Waals surface area contributed by atoms with E-state index in [1.807, 2.05) is 0 Å². The molecule has 8 heteroatoms. The molecule has 2 fully saturated rings. The molecule has 8 nitrogen and oxygen atoms in total. The fraction of sp³-hybridized carbons (Fsp3) is 0.750. The second-order valence-electron chi connectivity index (χ2n) is 3.44. The molecule has 0 unspecified atom stereocenters. The molecule has 16 heavy (non-hydrogen) atoms. The molecule has 2 aliphatic rings. The Hall–Kier alpha value is -1.54. The molecule has 0 spiro atoms. The fourth-order valence-electron chi connectivity index (χ4n) is 1.89. The van der Waals surface area contributed by atoms with Gasteiger partial charge >= 0.3 is 12.3 Å². The lowest BCUT2D eigenvalue weighted by molar-refractivity contribution is -0.0305. The standard InChI is InChI=1S/C8H10O8/c9-7(10)15-3-1-13-6-4(16-8(11)12)2-14-5(3)6/h3-6H,1-2H2,(H,9,10)(H,11,12)/t3-,4-,5-,6-/m1/s1. The molecule has 0 radical (unpaired) electrons. The minimum absolute atomic E-state index is 0.0428. The van der Waals surface area contributed by atoms with E-state index in [1.165, 1.54) is 0 Å². The Morgan fingerprint density at radius 1 is 0.938 bits per heavy atom. The summed E-state index contributed by atoms with van der Waals surface area (Å²) in [6.07, 6.45) is -5.49. The van der Waals surface area contributed by atoms with Crippen LogP contribution < -0.4 is 0 Å². The van der Waals surface area contributed by atoms with Gasteiger partial charge in [-0.25, -0.2) is 9.59 Å².